The normalized spacial score (nSPS) is 18.4. The third-order valence-electron chi connectivity index (χ3n) is 9.07. The van der Waals surface area contributed by atoms with Crippen LogP contribution in [0.5, 0.6) is 5.75 Å². The van der Waals surface area contributed by atoms with Crippen LogP contribution < -0.4 is 20.9 Å². The Kier molecular flexibility index (Phi) is 8.78. The second-order valence-electron chi connectivity index (χ2n) is 12.0. The zero-order valence-electron chi connectivity index (χ0n) is 25.2. The number of aromatic amines is 1. The molecule has 3 amide bonds. The van der Waals surface area contributed by atoms with E-state index >= 15 is 0 Å². The number of H-pyrrole nitrogens is 1. The van der Waals surface area contributed by atoms with E-state index in [-0.39, 0.29) is 44.1 Å². The molecule has 0 radical (unpaired) electrons. The molecule has 3 aromatic rings. The number of methoxy groups -OCH3 is 1. The van der Waals surface area contributed by atoms with Crippen molar-refractivity contribution in [3.8, 4) is 5.75 Å². The minimum absolute atomic E-state index is 0.0311. The summed E-state index contributed by atoms with van der Waals surface area (Å²) in [7, 11) is 1.48. The molecule has 2 aliphatic heterocycles. The quantitative estimate of drug-likeness (QED) is 0.243. The van der Waals surface area contributed by atoms with Gasteiger partial charge in [-0.25, -0.2) is 0 Å². The molecule has 1 saturated carbocycles. The summed E-state index contributed by atoms with van der Waals surface area (Å²) in [5, 5.41) is -3.64. The first-order chi connectivity index (χ1) is 22.2. The molecule has 3 heterocycles. The number of amides is 3. The zero-order valence-corrected chi connectivity index (χ0v) is 28.3. The van der Waals surface area contributed by atoms with Crippen LogP contribution in [0.2, 0.25) is 10.0 Å². The number of aromatic nitrogens is 1. The van der Waals surface area contributed by atoms with Gasteiger partial charge in [-0.05, 0) is 85.2 Å². The van der Waals surface area contributed by atoms with Gasteiger partial charge in [-0.3, -0.25) is 19.2 Å². The van der Waals surface area contributed by atoms with Gasteiger partial charge in [-0.2, -0.15) is 8.78 Å². The van der Waals surface area contributed by atoms with Crippen molar-refractivity contribution in [1.82, 2.24) is 9.88 Å². The number of hydrogen-bond donors (Lipinski definition) is 2. The number of fused-ring (bicyclic) bond motifs is 1. The highest BCUT2D eigenvalue weighted by Gasteiger charge is 2.54. The predicted octanol–water partition coefficient (Wildman–Crippen LogP) is 6.92. The molecule has 1 spiro atoms. The molecule has 0 bridgehead atoms. The number of carbonyl (C=O) groups excluding carboxylic acids is 3. The average molecular weight is 726 g/mol. The Bertz CT molecular complexity index is 1880. The number of primary amides is 1. The summed E-state index contributed by atoms with van der Waals surface area (Å²) in [6.45, 7) is 2.21. The first kappa shape index (κ1) is 33.6. The Labute approximate surface area is 287 Å². The van der Waals surface area contributed by atoms with Gasteiger partial charge >= 0.3 is 5.38 Å². The van der Waals surface area contributed by atoms with Gasteiger partial charge in [-0.1, -0.05) is 41.0 Å². The lowest BCUT2D eigenvalue weighted by Crippen LogP contribution is -2.42. The van der Waals surface area contributed by atoms with Crippen LogP contribution >= 0.6 is 46.6 Å². The Morgan fingerprint density at radius 3 is 2.45 bits per heavy atom. The number of nitrogens with zero attached hydrogens (tertiary/aromatic N) is 2. The SMILES string of the molecule is COc1c(N2CCCC3(CC3)C2=O)cc2c(c1C)C(CC(N)=O)N(C(=O)c1c(Sc3c(Cl)cccc3Cl)cc(C(F)(F)Cl)[nH]c1=O)C2. The van der Waals surface area contributed by atoms with E-state index in [1.807, 2.05) is 4.98 Å². The van der Waals surface area contributed by atoms with Crippen LogP contribution in [0.25, 0.3) is 0 Å². The number of pyridine rings is 1. The number of rotatable bonds is 8. The first-order valence-corrected chi connectivity index (χ1v) is 16.7. The maximum Gasteiger partial charge on any atom is 0.362 e. The second kappa shape index (κ2) is 12.3. The Morgan fingerprint density at radius 1 is 1.17 bits per heavy atom. The smallest absolute Gasteiger partial charge is 0.362 e. The molecule has 3 N–H and O–H groups in total. The van der Waals surface area contributed by atoms with Gasteiger partial charge in [0.1, 0.15) is 17.0 Å². The van der Waals surface area contributed by atoms with Crippen molar-refractivity contribution in [2.45, 2.75) is 66.8 Å². The molecule has 47 heavy (non-hydrogen) atoms. The number of hydrogen-bond acceptors (Lipinski definition) is 6. The van der Waals surface area contributed by atoms with Gasteiger partial charge in [-0.15, -0.1) is 0 Å². The average Bonchev–Trinajstić information content (AvgIpc) is 3.68. The molecule has 9 nitrogen and oxygen atoms in total. The van der Waals surface area contributed by atoms with E-state index in [0.717, 1.165) is 43.5 Å². The number of alkyl halides is 3. The molecular weight excluding hydrogens is 697 g/mol. The number of piperidine rings is 1. The van der Waals surface area contributed by atoms with Crippen molar-refractivity contribution in [3.63, 3.8) is 0 Å². The molecule has 1 atom stereocenters. The molecule has 2 aromatic carbocycles. The van der Waals surface area contributed by atoms with Gasteiger partial charge in [0.05, 0.1) is 35.3 Å². The number of nitrogens with one attached hydrogen (secondary N) is 1. The molecule has 2 fully saturated rings. The third-order valence-corrected chi connectivity index (χ3v) is 11.3. The fourth-order valence-electron chi connectivity index (χ4n) is 6.70. The summed E-state index contributed by atoms with van der Waals surface area (Å²) in [5.41, 5.74) is 5.14. The van der Waals surface area contributed by atoms with Crippen LogP contribution in [0.1, 0.15) is 70.9 Å². The third kappa shape index (κ3) is 5.98. The highest BCUT2D eigenvalue weighted by molar-refractivity contribution is 7.99. The lowest BCUT2D eigenvalue weighted by molar-refractivity contribution is -0.125. The van der Waals surface area contributed by atoms with Gasteiger partial charge in [0, 0.05) is 28.3 Å². The highest BCUT2D eigenvalue weighted by Crippen LogP contribution is 2.55. The molecule has 1 unspecified atom stereocenters. The highest BCUT2D eigenvalue weighted by atomic mass is 35.5. The summed E-state index contributed by atoms with van der Waals surface area (Å²) in [6, 6.07) is 6.38. The number of carbonyl (C=O) groups is 3. The molecular formula is C32H29Cl3F2N4O5S. The Balaban J connectivity index is 1.47. The summed E-state index contributed by atoms with van der Waals surface area (Å²) in [6.07, 6.45) is 3.03. The number of ether oxygens (including phenoxy) is 1. The van der Waals surface area contributed by atoms with Crippen LogP contribution in [0, 0.1) is 12.3 Å². The standard InChI is InChI=1S/C32H29Cl3F2N4O5S/c1-15-24-16(11-20(26(15)46-2)40-10-4-7-31(8-9-31)30(40)45)14-41(19(24)12-23(38)42)29(44)25-21(13-22(32(35,36)37)39-28(25)43)47-27-17(33)5-3-6-18(27)34/h3,5-6,11,13,19H,4,7-10,12,14H2,1-2H3,(H2,38,42)(H,39,43). The minimum atomic E-state index is -3.96. The van der Waals surface area contributed by atoms with E-state index in [0.29, 0.717) is 34.7 Å². The molecule has 15 heteroatoms. The first-order valence-electron chi connectivity index (χ1n) is 14.7. The van der Waals surface area contributed by atoms with Crippen molar-refractivity contribution in [2.24, 2.45) is 11.1 Å². The summed E-state index contributed by atoms with van der Waals surface area (Å²) in [4.78, 5) is 58.9. The molecule has 3 aliphatic rings. The topological polar surface area (TPSA) is 126 Å². The lowest BCUT2D eigenvalue weighted by atomic mass is 9.91. The maximum absolute atomic E-state index is 14.4. The molecule has 1 aliphatic carbocycles. The maximum atomic E-state index is 14.4. The van der Waals surface area contributed by atoms with E-state index in [1.54, 1.807) is 24.0 Å². The van der Waals surface area contributed by atoms with Crippen LogP contribution in [0.4, 0.5) is 14.5 Å². The Morgan fingerprint density at radius 2 is 1.85 bits per heavy atom. The fourth-order valence-corrected chi connectivity index (χ4v) is 8.44. The van der Waals surface area contributed by atoms with Crippen LogP contribution in [-0.2, 0) is 21.5 Å². The van der Waals surface area contributed by atoms with Crippen molar-refractivity contribution in [1.29, 1.82) is 0 Å². The summed E-state index contributed by atoms with van der Waals surface area (Å²) in [5.74, 6) is -1.11. The molecule has 1 saturated heterocycles. The number of benzene rings is 2. The van der Waals surface area contributed by atoms with Crippen molar-refractivity contribution in [2.75, 3.05) is 18.6 Å². The molecule has 6 rings (SSSR count). The zero-order chi connectivity index (χ0) is 34.0. The fraction of sp³-hybridized carbons (Fsp3) is 0.375. The van der Waals surface area contributed by atoms with Crippen molar-refractivity contribution >= 4 is 70.0 Å². The lowest BCUT2D eigenvalue weighted by Gasteiger charge is -2.34. The van der Waals surface area contributed by atoms with Crippen LogP contribution in [0.15, 0.2) is 44.9 Å². The van der Waals surface area contributed by atoms with E-state index in [2.05, 4.69) is 0 Å². The van der Waals surface area contributed by atoms with E-state index in [4.69, 9.17) is 45.3 Å². The second-order valence-corrected chi connectivity index (χ2v) is 14.3. The van der Waals surface area contributed by atoms with Crippen LogP contribution in [-0.4, -0.2) is 41.3 Å². The van der Waals surface area contributed by atoms with Gasteiger partial charge < -0.3 is 25.3 Å². The predicted molar refractivity (Wildman–Crippen MR) is 175 cm³/mol. The van der Waals surface area contributed by atoms with Crippen molar-refractivity contribution < 1.29 is 27.9 Å². The molecule has 248 valence electrons. The number of nitrogens with two attached hydrogens (primary N) is 1. The van der Waals surface area contributed by atoms with Gasteiger partial charge in [0.2, 0.25) is 11.8 Å². The van der Waals surface area contributed by atoms with E-state index in [1.165, 1.54) is 24.1 Å². The number of halogens is 5. The van der Waals surface area contributed by atoms with Crippen LogP contribution in [0.3, 0.4) is 0 Å². The van der Waals surface area contributed by atoms with E-state index in [9.17, 15) is 28.0 Å². The van der Waals surface area contributed by atoms with E-state index < -0.39 is 40.1 Å². The minimum Gasteiger partial charge on any atom is -0.494 e. The van der Waals surface area contributed by atoms with Crippen molar-refractivity contribution in [3.05, 3.63) is 78.7 Å². The van der Waals surface area contributed by atoms with Gasteiger partial charge in [0.25, 0.3) is 11.5 Å². The summed E-state index contributed by atoms with van der Waals surface area (Å²) < 4.78 is 34.3. The molecule has 1 aromatic heterocycles. The Hall–Kier alpha value is -3.32. The largest absolute Gasteiger partial charge is 0.494 e. The van der Waals surface area contributed by atoms with Gasteiger partial charge in [0.15, 0.2) is 0 Å². The number of anilines is 1. The summed E-state index contributed by atoms with van der Waals surface area (Å²) >= 11 is 18.7. The monoisotopic (exact) mass is 724 g/mol.